The van der Waals surface area contributed by atoms with Crippen molar-refractivity contribution in [1.82, 2.24) is 4.90 Å². The van der Waals surface area contributed by atoms with Gasteiger partial charge >= 0.3 is 0 Å². The van der Waals surface area contributed by atoms with Crippen LogP contribution in [0.1, 0.15) is 28.8 Å². The molecule has 1 fully saturated rings. The smallest absolute Gasteiger partial charge is 0.254 e. The summed E-state index contributed by atoms with van der Waals surface area (Å²) >= 11 is 0. The van der Waals surface area contributed by atoms with Gasteiger partial charge in [0, 0.05) is 23.7 Å². The van der Waals surface area contributed by atoms with Crippen molar-refractivity contribution in [2.24, 2.45) is 0 Å². The fraction of sp³-hybridized carbons (Fsp3) is 0.148. The molecule has 4 heteroatoms. The molecule has 0 aliphatic heterocycles. The molecular formula is C27H22FNO2. The molecule has 0 radical (unpaired) electrons. The van der Waals surface area contributed by atoms with Crippen LogP contribution in [0.3, 0.4) is 0 Å². The summed E-state index contributed by atoms with van der Waals surface area (Å²) in [5.74, 6) is 1.04. The monoisotopic (exact) mass is 411 g/mol. The molecule has 5 rings (SSSR count). The molecule has 31 heavy (non-hydrogen) atoms. The van der Waals surface area contributed by atoms with Crippen LogP contribution in [0, 0.1) is 5.82 Å². The van der Waals surface area contributed by atoms with E-state index in [0.29, 0.717) is 17.1 Å². The SMILES string of the molecule is CN(C(=O)c1cccc(-c2ccc(-c3ccc(F)cc3)o2)c1)C1(c2ccccc2)CC1. The third-order valence-corrected chi connectivity index (χ3v) is 6.11. The van der Waals surface area contributed by atoms with Crippen molar-refractivity contribution in [3.8, 4) is 22.6 Å². The van der Waals surface area contributed by atoms with Crippen molar-refractivity contribution in [3.05, 3.63) is 108 Å². The summed E-state index contributed by atoms with van der Waals surface area (Å²) in [6.07, 6.45) is 1.94. The number of benzene rings is 3. The first-order valence-electron chi connectivity index (χ1n) is 10.4. The Kier molecular flexibility index (Phi) is 4.70. The van der Waals surface area contributed by atoms with Crippen molar-refractivity contribution in [2.75, 3.05) is 7.05 Å². The fourth-order valence-electron chi connectivity index (χ4n) is 4.14. The van der Waals surface area contributed by atoms with Gasteiger partial charge in [0.05, 0.1) is 5.54 Å². The molecule has 154 valence electrons. The summed E-state index contributed by atoms with van der Waals surface area (Å²) in [7, 11) is 1.88. The molecule has 0 unspecified atom stereocenters. The van der Waals surface area contributed by atoms with Gasteiger partial charge in [0.2, 0.25) is 0 Å². The van der Waals surface area contributed by atoms with Crippen LogP contribution in [0.25, 0.3) is 22.6 Å². The zero-order valence-electron chi connectivity index (χ0n) is 17.2. The minimum absolute atomic E-state index is 0.00600. The van der Waals surface area contributed by atoms with E-state index in [2.05, 4.69) is 12.1 Å². The number of nitrogens with zero attached hydrogens (tertiary/aromatic N) is 1. The van der Waals surface area contributed by atoms with E-state index in [0.717, 1.165) is 24.0 Å². The quantitative estimate of drug-likeness (QED) is 0.375. The number of hydrogen-bond acceptors (Lipinski definition) is 2. The predicted octanol–water partition coefficient (Wildman–Crippen LogP) is 6.51. The van der Waals surface area contributed by atoms with Crippen molar-refractivity contribution in [3.63, 3.8) is 0 Å². The van der Waals surface area contributed by atoms with Gasteiger partial charge in [-0.15, -0.1) is 0 Å². The second-order valence-electron chi connectivity index (χ2n) is 8.01. The van der Waals surface area contributed by atoms with Gasteiger partial charge in [-0.2, -0.15) is 0 Å². The average molecular weight is 411 g/mol. The summed E-state index contributed by atoms with van der Waals surface area (Å²) in [6, 6.07) is 27.6. The van der Waals surface area contributed by atoms with E-state index in [-0.39, 0.29) is 17.3 Å². The highest BCUT2D eigenvalue weighted by Crippen LogP contribution is 2.50. The number of halogens is 1. The molecule has 3 nitrogen and oxygen atoms in total. The minimum atomic E-state index is -0.283. The van der Waals surface area contributed by atoms with Crippen LogP contribution in [0.4, 0.5) is 4.39 Å². The van der Waals surface area contributed by atoms with Crippen LogP contribution in [-0.4, -0.2) is 17.9 Å². The van der Waals surface area contributed by atoms with Crippen LogP contribution in [-0.2, 0) is 5.54 Å². The van der Waals surface area contributed by atoms with Crippen LogP contribution in [0.15, 0.2) is 95.4 Å². The van der Waals surface area contributed by atoms with Crippen LogP contribution < -0.4 is 0 Å². The van der Waals surface area contributed by atoms with Gasteiger partial charge < -0.3 is 9.32 Å². The van der Waals surface area contributed by atoms with E-state index < -0.39 is 0 Å². The molecule has 1 aliphatic rings. The second kappa shape index (κ2) is 7.55. The largest absolute Gasteiger partial charge is 0.456 e. The number of carbonyl (C=O) groups excluding carboxylic acids is 1. The van der Waals surface area contributed by atoms with Gasteiger partial charge in [-0.1, -0.05) is 42.5 Å². The molecule has 0 bridgehead atoms. The molecule has 0 N–H and O–H groups in total. The van der Waals surface area contributed by atoms with Crippen LogP contribution >= 0.6 is 0 Å². The van der Waals surface area contributed by atoms with E-state index >= 15 is 0 Å². The van der Waals surface area contributed by atoms with Gasteiger partial charge in [0.1, 0.15) is 17.3 Å². The lowest BCUT2D eigenvalue weighted by atomic mass is 10.0. The molecule has 0 saturated heterocycles. The second-order valence-corrected chi connectivity index (χ2v) is 8.01. The Labute approximate surface area is 180 Å². The maximum Gasteiger partial charge on any atom is 0.254 e. The number of hydrogen-bond donors (Lipinski definition) is 0. The Morgan fingerprint density at radius 2 is 1.52 bits per heavy atom. The molecule has 4 aromatic rings. The van der Waals surface area contributed by atoms with Gasteiger partial charge in [0.25, 0.3) is 5.91 Å². The van der Waals surface area contributed by atoms with Gasteiger partial charge in [-0.25, -0.2) is 4.39 Å². The molecule has 1 heterocycles. The molecule has 0 atom stereocenters. The number of rotatable bonds is 5. The maximum absolute atomic E-state index is 13.3. The predicted molar refractivity (Wildman–Crippen MR) is 119 cm³/mol. The Hall–Kier alpha value is -3.66. The summed E-state index contributed by atoms with van der Waals surface area (Å²) in [5, 5.41) is 0. The zero-order valence-corrected chi connectivity index (χ0v) is 17.2. The van der Waals surface area contributed by atoms with Gasteiger partial charge in [-0.05, 0) is 66.9 Å². The van der Waals surface area contributed by atoms with Crippen LogP contribution in [0.5, 0.6) is 0 Å². The minimum Gasteiger partial charge on any atom is -0.456 e. The lowest BCUT2D eigenvalue weighted by Crippen LogP contribution is -2.37. The number of furan rings is 1. The fourth-order valence-corrected chi connectivity index (χ4v) is 4.14. The van der Waals surface area contributed by atoms with Crippen LogP contribution in [0.2, 0.25) is 0 Å². The van der Waals surface area contributed by atoms with Gasteiger partial charge in [0.15, 0.2) is 0 Å². The lowest BCUT2D eigenvalue weighted by molar-refractivity contribution is 0.0705. The molecule has 0 spiro atoms. The molecule has 1 aliphatic carbocycles. The van der Waals surface area contributed by atoms with E-state index in [9.17, 15) is 9.18 Å². The maximum atomic E-state index is 13.3. The summed E-state index contributed by atoms with van der Waals surface area (Å²) < 4.78 is 19.2. The molecule has 1 saturated carbocycles. The van der Waals surface area contributed by atoms with Crippen molar-refractivity contribution in [2.45, 2.75) is 18.4 Å². The van der Waals surface area contributed by atoms with Crippen molar-refractivity contribution >= 4 is 5.91 Å². The highest BCUT2D eigenvalue weighted by atomic mass is 19.1. The molecule has 1 aromatic heterocycles. The average Bonchev–Trinajstić information content (AvgIpc) is 3.49. The molecule has 1 amide bonds. The van der Waals surface area contributed by atoms with Crippen molar-refractivity contribution in [1.29, 1.82) is 0 Å². The topological polar surface area (TPSA) is 33.5 Å². The van der Waals surface area contributed by atoms with E-state index in [1.54, 1.807) is 12.1 Å². The Morgan fingerprint density at radius 3 is 2.19 bits per heavy atom. The first-order chi connectivity index (χ1) is 15.1. The first-order valence-corrected chi connectivity index (χ1v) is 10.4. The normalized spacial score (nSPS) is 14.3. The number of carbonyl (C=O) groups is 1. The van der Waals surface area contributed by atoms with Crippen molar-refractivity contribution < 1.29 is 13.6 Å². The Bertz CT molecular complexity index is 1220. The molecule has 3 aromatic carbocycles. The third kappa shape index (κ3) is 3.55. The highest BCUT2D eigenvalue weighted by molar-refractivity contribution is 5.96. The third-order valence-electron chi connectivity index (χ3n) is 6.11. The number of amides is 1. The summed E-state index contributed by atoms with van der Waals surface area (Å²) in [6.45, 7) is 0. The molecular weight excluding hydrogens is 389 g/mol. The van der Waals surface area contributed by atoms with E-state index in [4.69, 9.17) is 4.42 Å². The highest BCUT2D eigenvalue weighted by Gasteiger charge is 2.49. The van der Waals surface area contributed by atoms with E-state index in [1.165, 1.54) is 17.7 Å². The summed E-state index contributed by atoms with van der Waals surface area (Å²) in [4.78, 5) is 15.2. The first kappa shape index (κ1) is 19.3. The van der Waals surface area contributed by atoms with E-state index in [1.807, 2.05) is 66.5 Å². The Balaban J connectivity index is 1.41. The zero-order chi connectivity index (χ0) is 21.4. The summed E-state index contributed by atoms with van der Waals surface area (Å²) in [5.41, 5.74) is 3.23. The van der Waals surface area contributed by atoms with Gasteiger partial charge in [-0.3, -0.25) is 4.79 Å². The standard InChI is InChI=1S/C27H22FNO2/c1-29(27(16-17-27)22-8-3-2-4-9-22)26(30)21-7-5-6-20(18-21)25-15-14-24(31-25)19-10-12-23(28)13-11-19/h2-15,18H,16-17H2,1H3. The lowest BCUT2D eigenvalue weighted by Gasteiger charge is -2.29. The Morgan fingerprint density at radius 1 is 0.839 bits per heavy atom.